The van der Waals surface area contributed by atoms with Gasteiger partial charge in [-0.3, -0.25) is 9.52 Å². The summed E-state index contributed by atoms with van der Waals surface area (Å²) in [6.45, 7) is 1.18. The number of hydrogen-bond donors (Lipinski definition) is 2. The molecule has 6 nitrogen and oxygen atoms in total. The van der Waals surface area contributed by atoms with Crippen molar-refractivity contribution in [3.05, 3.63) is 59.1 Å². The number of rotatable bonds is 6. The summed E-state index contributed by atoms with van der Waals surface area (Å²) in [6.07, 6.45) is 2.00. The Bertz CT molecular complexity index is 878. The number of carbonyl (C=O) groups excluding carboxylic acids is 1. The molecule has 0 radical (unpaired) electrons. The maximum absolute atomic E-state index is 12.4. The minimum Gasteiger partial charge on any atom is -0.376 e. The molecule has 1 fully saturated rings. The number of benzene rings is 2. The van der Waals surface area contributed by atoms with Crippen molar-refractivity contribution in [2.45, 2.75) is 23.8 Å². The summed E-state index contributed by atoms with van der Waals surface area (Å²) in [5, 5.41) is 3.11. The maximum Gasteiger partial charge on any atom is 0.261 e. The molecular weight excluding hydrogens is 376 g/mol. The largest absolute Gasteiger partial charge is 0.376 e. The number of ether oxygens (including phenoxy) is 1. The van der Waals surface area contributed by atoms with Crippen LogP contribution in [-0.4, -0.2) is 33.6 Å². The third-order valence-corrected chi connectivity index (χ3v) is 5.77. The van der Waals surface area contributed by atoms with Crippen molar-refractivity contribution in [2.75, 3.05) is 17.9 Å². The highest BCUT2D eigenvalue weighted by Gasteiger charge is 2.18. The summed E-state index contributed by atoms with van der Waals surface area (Å²) in [7, 11) is -3.79. The lowest BCUT2D eigenvalue weighted by molar-refractivity contribution is 0.0857. The number of sulfonamides is 1. The smallest absolute Gasteiger partial charge is 0.261 e. The number of anilines is 1. The van der Waals surface area contributed by atoms with E-state index in [4.69, 9.17) is 16.3 Å². The van der Waals surface area contributed by atoms with E-state index in [1.165, 1.54) is 24.3 Å². The van der Waals surface area contributed by atoms with E-state index in [0.717, 1.165) is 19.4 Å². The Balaban J connectivity index is 1.66. The van der Waals surface area contributed by atoms with Gasteiger partial charge in [0.2, 0.25) is 0 Å². The Morgan fingerprint density at radius 3 is 2.54 bits per heavy atom. The van der Waals surface area contributed by atoms with Crippen LogP contribution in [0.25, 0.3) is 0 Å². The van der Waals surface area contributed by atoms with Gasteiger partial charge >= 0.3 is 0 Å². The van der Waals surface area contributed by atoms with E-state index in [1.54, 1.807) is 24.3 Å². The Kier molecular flexibility index (Phi) is 5.80. The van der Waals surface area contributed by atoms with E-state index in [0.29, 0.717) is 22.8 Å². The van der Waals surface area contributed by atoms with Crippen molar-refractivity contribution in [1.82, 2.24) is 5.32 Å². The van der Waals surface area contributed by atoms with Crippen LogP contribution in [0.5, 0.6) is 0 Å². The Morgan fingerprint density at radius 2 is 1.88 bits per heavy atom. The summed E-state index contributed by atoms with van der Waals surface area (Å²) >= 11 is 5.98. The minimum absolute atomic E-state index is 0.0492. The normalized spacial score (nSPS) is 17.0. The molecule has 8 heteroatoms. The fourth-order valence-corrected chi connectivity index (χ4v) is 3.97. The molecule has 2 N–H and O–H groups in total. The van der Waals surface area contributed by atoms with Gasteiger partial charge in [0.05, 0.1) is 21.7 Å². The quantitative estimate of drug-likeness (QED) is 0.788. The third kappa shape index (κ3) is 4.55. The van der Waals surface area contributed by atoms with E-state index in [2.05, 4.69) is 10.0 Å². The molecule has 26 heavy (non-hydrogen) atoms. The van der Waals surface area contributed by atoms with Crippen LogP contribution < -0.4 is 10.0 Å². The monoisotopic (exact) mass is 394 g/mol. The second-order valence-corrected chi connectivity index (χ2v) is 8.04. The van der Waals surface area contributed by atoms with Crippen molar-refractivity contribution in [2.24, 2.45) is 0 Å². The first kappa shape index (κ1) is 18.7. The van der Waals surface area contributed by atoms with Crippen LogP contribution >= 0.6 is 11.6 Å². The van der Waals surface area contributed by atoms with Crippen molar-refractivity contribution in [1.29, 1.82) is 0 Å². The summed E-state index contributed by atoms with van der Waals surface area (Å²) in [5.74, 6) is -0.261. The van der Waals surface area contributed by atoms with Crippen molar-refractivity contribution in [3.8, 4) is 0 Å². The molecule has 0 spiro atoms. The molecule has 0 bridgehead atoms. The van der Waals surface area contributed by atoms with Crippen LogP contribution in [0.3, 0.4) is 0 Å². The molecule has 0 saturated carbocycles. The van der Waals surface area contributed by atoms with E-state index in [9.17, 15) is 13.2 Å². The highest BCUT2D eigenvalue weighted by atomic mass is 35.5. The molecule has 0 aromatic heterocycles. The first-order chi connectivity index (χ1) is 12.5. The molecule has 1 saturated heterocycles. The highest BCUT2D eigenvalue weighted by molar-refractivity contribution is 7.92. The number of para-hydroxylation sites is 1. The highest BCUT2D eigenvalue weighted by Crippen LogP contribution is 2.24. The van der Waals surface area contributed by atoms with Crippen LogP contribution in [0.15, 0.2) is 53.4 Å². The summed E-state index contributed by atoms with van der Waals surface area (Å²) in [4.78, 5) is 12.2. The number of nitrogens with one attached hydrogen (secondary N) is 2. The number of hydrogen-bond acceptors (Lipinski definition) is 4. The molecule has 1 aliphatic heterocycles. The molecule has 2 aromatic carbocycles. The van der Waals surface area contributed by atoms with Gasteiger partial charge in [-0.05, 0) is 49.2 Å². The number of carbonyl (C=O) groups is 1. The van der Waals surface area contributed by atoms with E-state index in [1.807, 2.05) is 0 Å². The van der Waals surface area contributed by atoms with Crippen LogP contribution in [0.2, 0.25) is 5.02 Å². The van der Waals surface area contributed by atoms with Gasteiger partial charge in [0.25, 0.3) is 15.9 Å². The zero-order valence-electron chi connectivity index (χ0n) is 13.9. The minimum atomic E-state index is -3.79. The molecular formula is C18H19ClN2O4S. The maximum atomic E-state index is 12.4. The van der Waals surface area contributed by atoms with Gasteiger partial charge in [0.15, 0.2) is 0 Å². The van der Waals surface area contributed by atoms with Gasteiger partial charge in [-0.15, -0.1) is 0 Å². The van der Waals surface area contributed by atoms with E-state index < -0.39 is 10.0 Å². The van der Waals surface area contributed by atoms with E-state index >= 15 is 0 Å². The lowest BCUT2D eigenvalue weighted by atomic mass is 10.2. The zero-order valence-corrected chi connectivity index (χ0v) is 15.5. The molecule has 1 amide bonds. The standard InChI is InChI=1S/C18H19ClN2O4S/c19-16-5-1-2-6-17(16)21-26(23,24)15-9-7-13(8-10-15)18(22)20-12-14-4-3-11-25-14/h1-2,5-10,14,21H,3-4,11-12H2,(H,20,22). The molecule has 138 valence electrons. The van der Waals surface area contributed by atoms with Gasteiger partial charge < -0.3 is 10.1 Å². The fraction of sp³-hybridized carbons (Fsp3) is 0.278. The Labute approximate surface area is 157 Å². The van der Waals surface area contributed by atoms with Gasteiger partial charge in [0, 0.05) is 18.7 Å². The first-order valence-electron chi connectivity index (χ1n) is 8.23. The van der Waals surface area contributed by atoms with Gasteiger partial charge in [0.1, 0.15) is 0 Å². The topological polar surface area (TPSA) is 84.5 Å². The number of halogens is 1. The molecule has 1 heterocycles. The fourth-order valence-electron chi connectivity index (χ4n) is 2.65. The first-order valence-corrected chi connectivity index (χ1v) is 10.1. The molecule has 1 atom stereocenters. The van der Waals surface area contributed by atoms with Gasteiger partial charge in [-0.1, -0.05) is 23.7 Å². The summed E-state index contributed by atoms with van der Waals surface area (Å²) in [6, 6.07) is 12.3. The van der Waals surface area contributed by atoms with Gasteiger partial charge in [-0.2, -0.15) is 0 Å². The van der Waals surface area contributed by atoms with Crippen LogP contribution in [-0.2, 0) is 14.8 Å². The molecule has 1 aliphatic rings. The predicted molar refractivity (Wildman–Crippen MR) is 100 cm³/mol. The zero-order chi connectivity index (χ0) is 18.6. The van der Waals surface area contributed by atoms with Crippen molar-refractivity contribution >= 4 is 33.2 Å². The molecule has 3 rings (SSSR count). The van der Waals surface area contributed by atoms with Crippen LogP contribution in [0.4, 0.5) is 5.69 Å². The van der Waals surface area contributed by atoms with Crippen molar-refractivity contribution < 1.29 is 17.9 Å². The Morgan fingerprint density at radius 1 is 1.15 bits per heavy atom. The SMILES string of the molecule is O=C(NCC1CCCO1)c1ccc(S(=O)(=O)Nc2ccccc2Cl)cc1. The molecule has 2 aromatic rings. The predicted octanol–water partition coefficient (Wildman–Crippen LogP) is 3.05. The lowest BCUT2D eigenvalue weighted by Crippen LogP contribution is -2.31. The van der Waals surface area contributed by atoms with E-state index in [-0.39, 0.29) is 16.9 Å². The molecule has 0 aliphatic carbocycles. The van der Waals surface area contributed by atoms with Crippen LogP contribution in [0, 0.1) is 0 Å². The van der Waals surface area contributed by atoms with Crippen molar-refractivity contribution in [3.63, 3.8) is 0 Å². The summed E-state index contributed by atoms with van der Waals surface area (Å²) in [5.41, 5.74) is 0.687. The molecule has 1 unspecified atom stereocenters. The van der Waals surface area contributed by atoms with Crippen LogP contribution in [0.1, 0.15) is 23.2 Å². The second kappa shape index (κ2) is 8.07. The average Bonchev–Trinajstić information content (AvgIpc) is 3.15. The lowest BCUT2D eigenvalue weighted by Gasteiger charge is -2.12. The van der Waals surface area contributed by atoms with Gasteiger partial charge in [-0.25, -0.2) is 8.42 Å². The number of amides is 1. The average molecular weight is 395 g/mol. The summed E-state index contributed by atoms with van der Waals surface area (Å²) < 4.78 is 32.8. The second-order valence-electron chi connectivity index (χ2n) is 5.95. The Hall–Kier alpha value is -2.09. The third-order valence-electron chi connectivity index (χ3n) is 4.06.